The topological polar surface area (TPSA) is 91.7 Å². The van der Waals surface area contributed by atoms with E-state index in [1.807, 2.05) is 58.0 Å². The fourth-order valence-corrected chi connectivity index (χ4v) is 5.99. The molecule has 3 aromatic rings. The lowest BCUT2D eigenvalue weighted by atomic mass is 10.0. The fraction of sp³-hybridized carbons (Fsp3) is 0.571. The van der Waals surface area contributed by atoms with Gasteiger partial charge in [0.2, 0.25) is 5.95 Å². The second-order valence-corrected chi connectivity index (χ2v) is 12.5. The van der Waals surface area contributed by atoms with E-state index in [9.17, 15) is 4.79 Å². The number of anilines is 2. The number of carbonyl (C=O) groups is 1. The predicted octanol–water partition coefficient (Wildman–Crippen LogP) is 5.36. The second-order valence-electron chi connectivity index (χ2n) is 11.7. The lowest BCUT2D eigenvalue weighted by molar-refractivity contribution is 0.0101. The van der Waals surface area contributed by atoms with Crippen LogP contribution >= 0.6 is 23.2 Å². The summed E-state index contributed by atoms with van der Waals surface area (Å²) in [7, 11) is 1.88. The minimum Gasteiger partial charge on any atom is -0.444 e. The number of fused-ring (bicyclic) bond motifs is 1. The zero-order chi connectivity index (χ0) is 28.6. The van der Waals surface area contributed by atoms with E-state index in [2.05, 4.69) is 20.2 Å². The normalized spacial score (nSPS) is 19.6. The number of aromatic nitrogens is 4. The lowest BCUT2D eigenvalue weighted by Gasteiger charge is -2.43. The first kappa shape index (κ1) is 28.7. The molecule has 216 valence electrons. The summed E-state index contributed by atoms with van der Waals surface area (Å²) in [6.07, 6.45) is 3.75. The largest absolute Gasteiger partial charge is 0.444 e. The highest BCUT2D eigenvalue weighted by Gasteiger charge is 2.32. The fourth-order valence-electron chi connectivity index (χ4n) is 5.42. The van der Waals surface area contributed by atoms with Gasteiger partial charge in [0.05, 0.1) is 12.2 Å². The molecule has 2 atom stereocenters. The zero-order valence-corrected chi connectivity index (χ0v) is 25.3. The molecule has 40 heavy (non-hydrogen) atoms. The van der Waals surface area contributed by atoms with Crippen LogP contribution in [0.1, 0.15) is 52.1 Å². The number of benzene rings is 1. The van der Waals surface area contributed by atoms with Crippen molar-refractivity contribution in [2.24, 2.45) is 7.05 Å². The second kappa shape index (κ2) is 11.6. The third kappa shape index (κ3) is 6.56. The summed E-state index contributed by atoms with van der Waals surface area (Å²) in [5.74, 6) is 1.35. The summed E-state index contributed by atoms with van der Waals surface area (Å²) in [6.45, 7) is 12.6. The smallest absolute Gasteiger partial charge is 0.410 e. The van der Waals surface area contributed by atoms with E-state index in [0.29, 0.717) is 39.9 Å². The summed E-state index contributed by atoms with van der Waals surface area (Å²) in [5.41, 5.74) is 1.94. The first-order chi connectivity index (χ1) is 19.0. The molecule has 0 saturated carbocycles. The molecule has 12 heteroatoms. The van der Waals surface area contributed by atoms with Crippen LogP contribution in [-0.4, -0.2) is 86.6 Å². The van der Waals surface area contributed by atoms with Gasteiger partial charge in [-0.15, -0.1) is 0 Å². The van der Waals surface area contributed by atoms with E-state index < -0.39 is 5.60 Å². The Morgan fingerprint density at radius 2 is 1.88 bits per heavy atom. The number of ether oxygens (including phenoxy) is 1. The number of carbonyl (C=O) groups excluding carboxylic acids is 1. The van der Waals surface area contributed by atoms with Crippen LogP contribution in [0.25, 0.3) is 11.0 Å². The molecular weight excluding hydrogens is 551 g/mol. The van der Waals surface area contributed by atoms with Gasteiger partial charge in [0.25, 0.3) is 0 Å². The number of nitrogens with zero attached hydrogens (tertiary/aromatic N) is 7. The van der Waals surface area contributed by atoms with Gasteiger partial charge in [0, 0.05) is 62.4 Å². The van der Waals surface area contributed by atoms with E-state index in [0.717, 1.165) is 56.6 Å². The van der Waals surface area contributed by atoms with Crippen LogP contribution in [0, 0.1) is 0 Å². The molecule has 1 amide bonds. The molecule has 2 aliphatic heterocycles. The molecule has 0 bridgehead atoms. The van der Waals surface area contributed by atoms with Crippen LogP contribution in [0.15, 0.2) is 24.4 Å². The Morgan fingerprint density at radius 3 is 2.58 bits per heavy atom. The predicted molar refractivity (Wildman–Crippen MR) is 159 cm³/mol. The Labute approximate surface area is 245 Å². The molecule has 0 aliphatic carbocycles. The van der Waals surface area contributed by atoms with E-state index in [1.54, 1.807) is 10.7 Å². The van der Waals surface area contributed by atoms with Gasteiger partial charge in [-0.1, -0.05) is 29.3 Å². The highest BCUT2D eigenvalue weighted by atomic mass is 35.5. The summed E-state index contributed by atoms with van der Waals surface area (Å²) in [5, 5.41) is 9.31. The SMILES string of the molecule is C[C@@H](Nc1nc(N2CCN(C3CCCN(C(=O)OC(C)(C)C)C3)CC2)nc2cn(C)nc12)c1ccc(Cl)cc1Cl. The average molecular weight is 590 g/mol. The number of amides is 1. The van der Waals surface area contributed by atoms with Gasteiger partial charge in [0.1, 0.15) is 11.1 Å². The van der Waals surface area contributed by atoms with Crippen molar-refractivity contribution in [2.75, 3.05) is 49.5 Å². The van der Waals surface area contributed by atoms with E-state index in [1.165, 1.54) is 0 Å². The molecule has 2 aliphatic rings. The highest BCUT2D eigenvalue weighted by molar-refractivity contribution is 6.35. The maximum atomic E-state index is 12.7. The van der Waals surface area contributed by atoms with Crippen molar-refractivity contribution < 1.29 is 9.53 Å². The zero-order valence-electron chi connectivity index (χ0n) is 23.8. The van der Waals surface area contributed by atoms with Crippen molar-refractivity contribution in [2.45, 2.75) is 58.2 Å². The quantitative estimate of drug-likeness (QED) is 0.425. The molecule has 5 rings (SSSR count). The van der Waals surface area contributed by atoms with Crippen molar-refractivity contribution in [3.05, 3.63) is 40.0 Å². The van der Waals surface area contributed by atoms with Gasteiger partial charge >= 0.3 is 6.09 Å². The van der Waals surface area contributed by atoms with E-state index in [4.69, 9.17) is 37.9 Å². The van der Waals surface area contributed by atoms with Crippen LogP contribution in [-0.2, 0) is 11.8 Å². The third-order valence-electron chi connectivity index (χ3n) is 7.41. The minimum absolute atomic E-state index is 0.117. The molecule has 2 saturated heterocycles. The molecule has 1 aromatic carbocycles. The number of halogens is 2. The number of piperidine rings is 1. The molecular formula is C28H38Cl2N8O2. The maximum absolute atomic E-state index is 12.7. The summed E-state index contributed by atoms with van der Waals surface area (Å²) in [6, 6.07) is 5.72. The highest BCUT2D eigenvalue weighted by Crippen LogP contribution is 2.31. The standard InChI is InChI=1S/C28H38Cl2N8O2/c1-18(21-9-8-19(29)15-22(21)30)31-25-24-23(17-35(5)34-24)32-26(33-25)37-13-11-36(12-14-37)20-7-6-10-38(16-20)27(39)40-28(2,3)4/h8-9,15,17-18,20H,6-7,10-14,16H2,1-5H3,(H,31,32,33)/t18-,20?/m1/s1. The van der Waals surface area contributed by atoms with Crippen molar-refractivity contribution in [3.63, 3.8) is 0 Å². The van der Waals surface area contributed by atoms with Gasteiger partial charge in [-0.3, -0.25) is 9.58 Å². The Kier molecular flexibility index (Phi) is 8.31. The van der Waals surface area contributed by atoms with E-state index in [-0.39, 0.29) is 12.1 Å². The number of hydrogen-bond donors (Lipinski definition) is 1. The molecule has 1 unspecified atom stereocenters. The van der Waals surface area contributed by atoms with Gasteiger partial charge in [-0.25, -0.2) is 9.78 Å². The van der Waals surface area contributed by atoms with Crippen molar-refractivity contribution in [1.82, 2.24) is 29.5 Å². The van der Waals surface area contributed by atoms with Crippen molar-refractivity contribution in [1.29, 1.82) is 0 Å². The van der Waals surface area contributed by atoms with Gasteiger partial charge < -0.3 is 19.9 Å². The van der Waals surface area contributed by atoms with Crippen LogP contribution in [0.2, 0.25) is 10.0 Å². The third-order valence-corrected chi connectivity index (χ3v) is 7.97. The van der Waals surface area contributed by atoms with Crippen LogP contribution in [0.5, 0.6) is 0 Å². The van der Waals surface area contributed by atoms with Gasteiger partial charge in [-0.05, 0) is 58.2 Å². The van der Waals surface area contributed by atoms with Crippen LogP contribution < -0.4 is 10.2 Å². The van der Waals surface area contributed by atoms with Crippen molar-refractivity contribution >= 4 is 52.1 Å². The molecule has 2 aromatic heterocycles. The van der Waals surface area contributed by atoms with Crippen LogP contribution in [0.4, 0.5) is 16.6 Å². The summed E-state index contributed by atoms with van der Waals surface area (Å²) < 4.78 is 7.38. The Hall–Kier alpha value is -2.82. The Balaban J connectivity index is 1.28. The Bertz CT molecular complexity index is 1370. The first-order valence-electron chi connectivity index (χ1n) is 13.9. The van der Waals surface area contributed by atoms with Crippen molar-refractivity contribution in [3.8, 4) is 0 Å². The monoisotopic (exact) mass is 588 g/mol. The molecule has 0 radical (unpaired) electrons. The van der Waals surface area contributed by atoms with Gasteiger partial charge in [-0.2, -0.15) is 10.1 Å². The number of nitrogens with one attached hydrogen (secondary N) is 1. The Morgan fingerprint density at radius 1 is 1.12 bits per heavy atom. The number of likely N-dealkylation sites (tertiary alicyclic amines) is 1. The minimum atomic E-state index is -0.488. The number of aryl methyl sites for hydroxylation is 1. The molecule has 1 N–H and O–H groups in total. The summed E-state index contributed by atoms with van der Waals surface area (Å²) >= 11 is 12.6. The van der Waals surface area contributed by atoms with Crippen LogP contribution in [0.3, 0.4) is 0 Å². The maximum Gasteiger partial charge on any atom is 0.410 e. The lowest BCUT2D eigenvalue weighted by Crippen LogP contribution is -2.56. The molecule has 10 nitrogen and oxygen atoms in total. The number of piperazine rings is 1. The number of rotatable bonds is 5. The molecule has 4 heterocycles. The molecule has 0 spiro atoms. The number of hydrogen-bond acceptors (Lipinski definition) is 8. The summed E-state index contributed by atoms with van der Waals surface area (Å²) in [4.78, 5) is 29.0. The van der Waals surface area contributed by atoms with Gasteiger partial charge in [0.15, 0.2) is 11.3 Å². The average Bonchev–Trinajstić information content (AvgIpc) is 3.28. The van der Waals surface area contributed by atoms with E-state index >= 15 is 0 Å². The first-order valence-corrected chi connectivity index (χ1v) is 14.6. The molecule has 2 fully saturated rings.